The molecule has 1 unspecified atom stereocenters. The Morgan fingerprint density at radius 2 is 2.00 bits per heavy atom. The van der Waals surface area contributed by atoms with E-state index < -0.39 is 5.60 Å². The van der Waals surface area contributed by atoms with E-state index in [1.807, 2.05) is 38.1 Å². The maximum Gasteiger partial charge on any atom is 0.120 e. The summed E-state index contributed by atoms with van der Waals surface area (Å²) in [6, 6.07) is 5.52. The Balaban J connectivity index is 2.48. The van der Waals surface area contributed by atoms with Gasteiger partial charge in [-0.05, 0) is 34.0 Å². The quantitative estimate of drug-likeness (QED) is 0.710. The number of nitrogens with one attached hydrogen (secondary N) is 1. The van der Waals surface area contributed by atoms with Crippen molar-refractivity contribution in [3.05, 3.63) is 29.3 Å². The number of rotatable bonds is 6. The smallest absolute Gasteiger partial charge is 0.120 e. The molecular formula is C14H24N2O2. The zero-order chi connectivity index (χ0) is 13.8. The molecular weight excluding hydrogens is 228 g/mol. The Hall–Kier alpha value is -1.10. The van der Waals surface area contributed by atoms with Crippen molar-refractivity contribution in [3.63, 3.8) is 0 Å². The van der Waals surface area contributed by atoms with Gasteiger partial charge in [-0.1, -0.05) is 17.7 Å². The minimum Gasteiger partial charge on any atom is -0.508 e. The molecule has 0 radical (unpaired) electrons. The molecule has 0 saturated heterocycles. The predicted molar refractivity (Wildman–Crippen MR) is 73.7 cm³/mol. The number of hydrogen-bond donors (Lipinski definition) is 3. The second-order valence-corrected chi connectivity index (χ2v) is 5.47. The molecule has 0 aliphatic rings. The molecule has 0 saturated carbocycles. The Bertz CT molecular complexity index is 389. The highest BCUT2D eigenvalue weighted by Gasteiger charge is 2.20. The molecule has 3 N–H and O–H groups in total. The van der Waals surface area contributed by atoms with Gasteiger partial charge in [0, 0.05) is 25.2 Å². The third-order valence-electron chi connectivity index (χ3n) is 2.71. The van der Waals surface area contributed by atoms with E-state index in [0.717, 1.165) is 11.1 Å². The maximum absolute atomic E-state index is 10.1. The fourth-order valence-corrected chi connectivity index (χ4v) is 2.06. The Kier molecular flexibility index (Phi) is 5.14. The van der Waals surface area contributed by atoms with E-state index in [4.69, 9.17) is 0 Å². The first kappa shape index (κ1) is 15.0. The van der Waals surface area contributed by atoms with Gasteiger partial charge in [0.05, 0.1) is 5.60 Å². The molecule has 1 atom stereocenters. The fraction of sp³-hybridized carbons (Fsp3) is 0.571. The number of phenolic OH excluding ortho intramolecular Hbond substituents is 1. The lowest BCUT2D eigenvalue weighted by Crippen LogP contribution is -2.45. The molecule has 0 fully saturated rings. The largest absolute Gasteiger partial charge is 0.508 e. The molecule has 1 aromatic rings. The highest BCUT2D eigenvalue weighted by atomic mass is 16.3. The van der Waals surface area contributed by atoms with E-state index in [2.05, 4.69) is 5.32 Å². The van der Waals surface area contributed by atoms with E-state index >= 15 is 0 Å². The molecule has 1 aromatic carbocycles. The van der Waals surface area contributed by atoms with E-state index in [-0.39, 0.29) is 0 Å². The summed E-state index contributed by atoms with van der Waals surface area (Å²) in [5.41, 5.74) is 1.20. The molecule has 0 bridgehead atoms. The van der Waals surface area contributed by atoms with Crippen molar-refractivity contribution in [3.8, 4) is 5.75 Å². The summed E-state index contributed by atoms with van der Waals surface area (Å²) in [5.74, 6) is 0.292. The number of aryl methyl sites for hydroxylation is 1. The predicted octanol–water partition coefficient (Wildman–Crippen LogP) is 1.10. The Labute approximate surface area is 109 Å². The van der Waals surface area contributed by atoms with Crippen LogP contribution in [-0.4, -0.2) is 47.9 Å². The van der Waals surface area contributed by atoms with E-state index in [9.17, 15) is 10.2 Å². The minimum absolute atomic E-state index is 0.292. The SMILES string of the molecule is Cc1ccc(O)c(CNCC(C)(O)CN(C)C)c1. The van der Waals surface area contributed by atoms with Crippen LogP contribution in [0.15, 0.2) is 18.2 Å². The van der Waals surface area contributed by atoms with Gasteiger partial charge in [-0.25, -0.2) is 0 Å². The lowest BCUT2D eigenvalue weighted by Gasteiger charge is -2.27. The Morgan fingerprint density at radius 1 is 1.33 bits per heavy atom. The van der Waals surface area contributed by atoms with Crippen LogP contribution in [0.3, 0.4) is 0 Å². The lowest BCUT2D eigenvalue weighted by atomic mass is 10.1. The average Bonchev–Trinajstić information content (AvgIpc) is 2.21. The minimum atomic E-state index is -0.775. The summed E-state index contributed by atoms with van der Waals surface area (Å²) in [7, 11) is 3.86. The number of hydrogen-bond acceptors (Lipinski definition) is 4. The summed E-state index contributed by atoms with van der Waals surface area (Å²) < 4.78 is 0. The van der Waals surface area contributed by atoms with E-state index in [1.165, 1.54) is 0 Å². The van der Waals surface area contributed by atoms with Gasteiger partial charge in [0.15, 0.2) is 0 Å². The lowest BCUT2D eigenvalue weighted by molar-refractivity contribution is 0.0335. The van der Waals surface area contributed by atoms with Crippen LogP contribution >= 0.6 is 0 Å². The normalized spacial score (nSPS) is 14.8. The molecule has 18 heavy (non-hydrogen) atoms. The summed E-state index contributed by atoms with van der Waals surface area (Å²) in [6.07, 6.45) is 0. The monoisotopic (exact) mass is 252 g/mol. The van der Waals surface area contributed by atoms with Crippen LogP contribution in [0.4, 0.5) is 0 Å². The molecule has 0 aliphatic carbocycles. The van der Waals surface area contributed by atoms with Crippen LogP contribution in [0, 0.1) is 6.92 Å². The van der Waals surface area contributed by atoms with E-state index in [1.54, 1.807) is 13.0 Å². The van der Waals surface area contributed by atoms with Crippen molar-refractivity contribution in [2.45, 2.75) is 26.0 Å². The van der Waals surface area contributed by atoms with Gasteiger partial charge in [-0.15, -0.1) is 0 Å². The van der Waals surface area contributed by atoms with Gasteiger partial charge in [0.1, 0.15) is 5.75 Å². The van der Waals surface area contributed by atoms with Crippen LogP contribution in [0.2, 0.25) is 0 Å². The van der Waals surface area contributed by atoms with E-state index in [0.29, 0.717) is 25.4 Å². The third-order valence-corrected chi connectivity index (χ3v) is 2.71. The van der Waals surface area contributed by atoms with Crippen molar-refractivity contribution in [2.75, 3.05) is 27.2 Å². The number of nitrogens with zero attached hydrogens (tertiary/aromatic N) is 1. The van der Waals surface area contributed by atoms with Gasteiger partial charge < -0.3 is 20.4 Å². The molecule has 0 aliphatic heterocycles. The number of phenols is 1. The maximum atomic E-state index is 10.1. The molecule has 0 heterocycles. The van der Waals surface area contributed by atoms with Gasteiger partial charge >= 0.3 is 0 Å². The molecule has 0 aromatic heterocycles. The molecule has 0 amide bonds. The first-order valence-corrected chi connectivity index (χ1v) is 6.16. The average molecular weight is 252 g/mol. The molecule has 102 valence electrons. The highest BCUT2D eigenvalue weighted by Crippen LogP contribution is 2.17. The molecule has 1 rings (SSSR count). The Morgan fingerprint density at radius 3 is 2.61 bits per heavy atom. The summed E-state index contributed by atoms with van der Waals surface area (Å²) in [4.78, 5) is 1.95. The van der Waals surface area contributed by atoms with Crippen LogP contribution in [0.5, 0.6) is 5.75 Å². The summed E-state index contributed by atoms with van der Waals surface area (Å²) >= 11 is 0. The van der Waals surface area contributed by atoms with Crippen molar-refractivity contribution >= 4 is 0 Å². The molecule has 0 spiro atoms. The molecule has 4 nitrogen and oxygen atoms in total. The van der Waals surface area contributed by atoms with Gasteiger partial charge in [0.25, 0.3) is 0 Å². The van der Waals surface area contributed by atoms with Crippen LogP contribution in [0.1, 0.15) is 18.1 Å². The second kappa shape index (κ2) is 6.18. The first-order chi connectivity index (χ1) is 8.30. The van der Waals surface area contributed by atoms with Crippen LogP contribution in [0.25, 0.3) is 0 Å². The zero-order valence-corrected chi connectivity index (χ0v) is 11.7. The van der Waals surface area contributed by atoms with Crippen molar-refractivity contribution in [2.24, 2.45) is 0 Å². The fourth-order valence-electron chi connectivity index (χ4n) is 2.06. The standard InChI is InChI=1S/C14H24N2O2/c1-11-5-6-13(17)12(7-11)8-15-9-14(2,18)10-16(3)4/h5-7,15,17-18H,8-10H2,1-4H3. The van der Waals surface area contributed by atoms with Crippen molar-refractivity contribution in [1.82, 2.24) is 10.2 Å². The van der Waals surface area contributed by atoms with Gasteiger partial charge in [-0.3, -0.25) is 0 Å². The third kappa shape index (κ3) is 5.04. The number of aliphatic hydroxyl groups is 1. The van der Waals surface area contributed by atoms with Gasteiger partial charge in [0.2, 0.25) is 0 Å². The highest BCUT2D eigenvalue weighted by molar-refractivity contribution is 5.35. The summed E-state index contributed by atoms with van der Waals surface area (Å²) in [5, 5.41) is 23.0. The summed E-state index contributed by atoms with van der Waals surface area (Å²) in [6.45, 7) is 5.43. The number of benzene rings is 1. The van der Waals surface area contributed by atoms with Crippen LogP contribution < -0.4 is 5.32 Å². The van der Waals surface area contributed by atoms with Crippen molar-refractivity contribution in [1.29, 1.82) is 0 Å². The van der Waals surface area contributed by atoms with Crippen molar-refractivity contribution < 1.29 is 10.2 Å². The number of aromatic hydroxyl groups is 1. The number of likely N-dealkylation sites (N-methyl/N-ethyl adjacent to an activating group) is 1. The topological polar surface area (TPSA) is 55.7 Å². The zero-order valence-electron chi connectivity index (χ0n) is 11.7. The second-order valence-electron chi connectivity index (χ2n) is 5.47. The first-order valence-electron chi connectivity index (χ1n) is 6.16. The van der Waals surface area contributed by atoms with Crippen LogP contribution in [-0.2, 0) is 6.54 Å². The molecule has 4 heteroatoms. The van der Waals surface area contributed by atoms with Gasteiger partial charge in [-0.2, -0.15) is 0 Å².